The van der Waals surface area contributed by atoms with Gasteiger partial charge in [0.05, 0.1) is 40.5 Å². The van der Waals surface area contributed by atoms with Crippen LogP contribution in [-0.2, 0) is 10.8 Å². The first-order valence-corrected chi connectivity index (χ1v) is 16.0. The molecule has 1 unspecified atom stereocenters. The van der Waals surface area contributed by atoms with Crippen molar-refractivity contribution in [2.45, 2.75) is 75.7 Å². The molecule has 0 spiro atoms. The molecule has 10 nitrogen and oxygen atoms in total. The lowest BCUT2D eigenvalue weighted by molar-refractivity contribution is 0.107. The molecule has 224 valence electrons. The highest BCUT2D eigenvalue weighted by atomic mass is 35.5. The summed E-state index contributed by atoms with van der Waals surface area (Å²) < 4.78 is 36.0. The van der Waals surface area contributed by atoms with Crippen LogP contribution in [0, 0.1) is 5.82 Å². The summed E-state index contributed by atoms with van der Waals surface area (Å²) in [5.41, 5.74) is 1.53. The zero-order valence-electron chi connectivity index (χ0n) is 23.9. The topological polar surface area (TPSA) is 114 Å². The lowest BCUT2D eigenvalue weighted by Gasteiger charge is -2.30. The zero-order chi connectivity index (χ0) is 29.5. The summed E-state index contributed by atoms with van der Waals surface area (Å²) in [7, 11) is 0.337. The summed E-state index contributed by atoms with van der Waals surface area (Å²) in [6.45, 7) is 5.31. The first-order chi connectivity index (χ1) is 20.2. The van der Waals surface area contributed by atoms with E-state index < -0.39 is 15.9 Å². The number of hydrogen-bond donors (Lipinski definition) is 2. The van der Waals surface area contributed by atoms with Crippen LogP contribution < -0.4 is 15.4 Å². The summed E-state index contributed by atoms with van der Waals surface area (Å²) in [5.74, 6) is 0.800. The van der Waals surface area contributed by atoms with Gasteiger partial charge >= 0.3 is 0 Å². The summed E-state index contributed by atoms with van der Waals surface area (Å²) in [6, 6.07) is 3.48. The van der Waals surface area contributed by atoms with Gasteiger partial charge in [0, 0.05) is 17.5 Å². The molecule has 1 aromatic carbocycles. The van der Waals surface area contributed by atoms with E-state index in [2.05, 4.69) is 37.6 Å². The Morgan fingerprint density at radius 3 is 2.52 bits per heavy atom. The molecule has 2 saturated carbocycles. The van der Waals surface area contributed by atoms with Crippen LogP contribution in [0.15, 0.2) is 24.5 Å². The van der Waals surface area contributed by atoms with E-state index in [9.17, 15) is 9.00 Å². The van der Waals surface area contributed by atoms with Crippen LogP contribution in [0.3, 0.4) is 0 Å². The van der Waals surface area contributed by atoms with E-state index in [1.54, 1.807) is 24.7 Å². The molecule has 3 heterocycles. The lowest BCUT2D eigenvalue weighted by atomic mass is 9.89. The zero-order valence-corrected chi connectivity index (χ0v) is 25.5. The van der Waals surface area contributed by atoms with Crippen molar-refractivity contribution < 1.29 is 18.1 Å². The first-order valence-electron chi connectivity index (χ1n) is 14.5. The van der Waals surface area contributed by atoms with E-state index in [4.69, 9.17) is 16.3 Å². The smallest absolute Gasteiger partial charge is 0.271 e. The van der Waals surface area contributed by atoms with Gasteiger partial charge in [0.15, 0.2) is 11.5 Å². The summed E-state index contributed by atoms with van der Waals surface area (Å²) in [6.07, 6.45) is 8.88. The van der Waals surface area contributed by atoms with Gasteiger partial charge in [-0.1, -0.05) is 25.4 Å². The molecular formula is C29H35ClFN7O3S. The van der Waals surface area contributed by atoms with Crippen molar-refractivity contribution in [2.24, 2.45) is 0 Å². The number of likely N-dealkylation sites (tertiary alicyclic amines) is 1. The molecule has 1 atom stereocenters. The average Bonchev–Trinajstić information content (AvgIpc) is 3.91. The fraction of sp³-hybridized carbons (Fsp3) is 0.517. The molecular weight excluding hydrogens is 581 g/mol. The number of carbonyl (C=O) groups excluding carboxylic acids is 1. The molecule has 3 aromatic rings. The number of halogens is 2. The number of carbonyl (C=O) groups is 1. The SMILES string of the molecule is CC(C)S(=O)C(=O)c1nn(C2CC2)cc1Nc1nc(Nc2cc(F)c(C3CCN(C)CC3)cc2OC2CC2)ncc1Cl. The summed E-state index contributed by atoms with van der Waals surface area (Å²) in [5, 5.41) is 9.95. The molecule has 0 radical (unpaired) electrons. The molecule has 0 amide bonds. The standard InChI is InChI=1S/C29H35ClFN7O3S/c1-16(2)42(40)28(39)26-24(15-38(36-26)18-4-5-18)33-27-21(30)14-32-29(35-27)34-23-13-22(31)20(12-25(23)41-19-6-7-19)17-8-10-37(3)11-9-17/h12-19H,4-11H2,1-3H3,(H2,32,33,34,35). The summed E-state index contributed by atoms with van der Waals surface area (Å²) in [4.78, 5) is 24.1. The Labute approximate surface area is 251 Å². The van der Waals surface area contributed by atoms with E-state index in [0.717, 1.165) is 51.6 Å². The van der Waals surface area contributed by atoms with Gasteiger partial charge in [-0.15, -0.1) is 0 Å². The number of nitrogens with zero attached hydrogens (tertiary/aromatic N) is 5. The van der Waals surface area contributed by atoms with Gasteiger partial charge in [-0.2, -0.15) is 10.1 Å². The van der Waals surface area contributed by atoms with Crippen molar-refractivity contribution in [2.75, 3.05) is 30.8 Å². The Morgan fingerprint density at radius 2 is 1.86 bits per heavy atom. The van der Waals surface area contributed by atoms with E-state index >= 15 is 4.39 Å². The van der Waals surface area contributed by atoms with Crippen LogP contribution in [0.5, 0.6) is 5.75 Å². The molecule has 2 aliphatic carbocycles. The number of piperidine rings is 1. The fourth-order valence-electron chi connectivity index (χ4n) is 4.99. The maximum Gasteiger partial charge on any atom is 0.271 e. The monoisotopic (exact) mass is 615 g/mol. The predicted octanol–water partition coefficient (Wildman–Crippen LogP) is 5.94. The van der Waals surface area contributed by atoms with Crippen LogP contribution in [0.25, 0.3) is 0 Å². The Bertz CT molecular complexity index is 1520. The third-order valence-electron chi connectivity index (χ3n) is 7.78. The third-order valence-corrected chi connectivity index (χ3v) is 9.47. The lowest BCUT2D eigenvalue weighted by Crippen LogP contribution is -2.29. The van der Waals surface area contributed by atoms with Crippen molar-refractivity contribution in [1.29, 1.82) is 0 Å². The molecule has 3 aliphatic rings. The average molecular weight is 616 g/mol. The first kappa shape index (κ1) is 29.0. The molecule has 13 heteroatoms. The minimum atomic E-state index is -1.75. The molecule has 42 heavy (non-hydrogen) atoms. The van der Waals surface area contributed by atoms with E-state index in [1.165, 1.54) is 12.3 Å². The van der Waals surface area contributed by atoms with Crippen molar-refractivity contribution in [1.82, 2.24) is 24.6 Å². The van der Waals surface area contributed by atoms with Gasteiger partial charge in [0.2, 0.25) is 5.95 Å². The van der Waals surface area contributed by atoms with Gasteiger partial charge in [0.1, 0.15) is 16.6 Å². The van der Waals surface area contributed by atoms with Gasteiger partial charge < -0.3 is 20.3 Å². The van der Waals surface area contributed by atoms with Crippen molar-refractivity contribution in [3.8, 4) is 5.75 Å². The highest BCUT2D eigenvalue weighted by molar-refractivity contribution is 8.01. The van der Waals surface area contributed by atoms with Crippen molar-refractivity contribution >= 4 is 50.7 Å². The molecule has 0 bridgehead atoms. The number of nitrogens with one attached hydrogen (secondary N) is 2. The minimum absolute atomic E-state index is 0.0739. The van der Waals surface area contributed by atoms with Crippen LogP contribution >= 0.6 is 11.6 Å². The number of aromatic nitrogens is 4. The van der Waals surface area contributed by atoms with Crippen LogP contribution in [-0.4, -0.2) is 65.5 Å². The van der Waals surface area contributed by atoms with Crippen LogP contribution in [0.2, 0.25) is 5.02 Å². The Kier molecular flexibility index (Phi) is 8.21. The Balaban J connectivity index is 1.28. The second-order valence-corrected chi connectivity index (χ2v) is 14.0. The van der Waals surface area contributed by atoms with Crippen LogP contribution in [0.1, 0.15) is 80.4 Å². The largest absolute Gasteiger partial charge is 0.488 e. The predicted molar refractivity (Wildman–Crippen MR) is 161 cm³/mol. The maximum absolute atomic E-state index is 15.5. The number of rotatable bonds is 10. The third kappa shape index (κ3) is 6.45. The van der Waals surface area contributed by atoms with E-state index in [1.807, 2.05) is 6.07 Å². The van der Waals surface area contributed by atoms with Crippen LogP contribution in [0.4, 0.5) is 27.5 Å². The fourth-order valence-corrected chi connectivity index (χ4v) is 5.90. The Morgan fingerprint density at radius 1 is 1.12 bits per heavy atom. The van der Waals surface area contributed by atoms with Crippen molar-refractivity contribution in [3.05, 3.63) is 46.6 Å². The number of benzene rings is 1. The highest BCUT2D eigenvalue weighted by Crippen LogP contribution is 2.40. The quantitative estimate of drug-likeness (QED) is 0.286. The number of ether oxygens (including phenoxy) is 1. The second-order valence-electron chi connectivity index (χ2n) is 11.6. The number of hydrogen-bond acceptors (Lipinski definition) is 9. The van der Waals surface area contributed by atoms with Gasteiger partial charge in [-0.25, -0.2) is 9.37 Å². The molecule has 2 aromatic heterocycles. The molecule has 6 rings (SSSR count). The highest BCUT2D eigenvalue weighted by Gasteiger charge is 2.31. The Hall–Kier alpha value is -3.09. The minimum Gasteiger partial charge on any atom is -0.488 e. The van der Waals surface area contributed by atoms with Crippen molar-refractivity contribution in [3.63, 3.8) is 0 Å². The summed E-state index contributed by atoms with van der Waals surface area (Å²) >= 11 is 6.45. The van der Waals surface area contributed by atoms with Gasteiger partial charge in [-0.05, 0) is 76.2 Å². The maximum atomic E-state index is 15.5. The van der Waals surface area contributed by atoms with Gasteiger partial charge in [-0.3, -0.25) is 13.7 Å². The molecule has 2 N–H and O–H groups in total. The van der Waals surface area contributed by atoms with Gasteiger partial charge in [0.25, 0.3) is 5.12 Å². The molecule has 1 saturated heterocycles. The second kappa shape index (κ2) is 11.9. The normalized spacial score (nSPS) is 18.7. The van der Waals surface area contributed by atoms with E-state index in [0.29, 0.717) is 22.7 Å². The van der Waals surface area contributed by atoms with E-state index in [-0.39, 0.29) is 51.6 Å². The molecule has 1 aliphatic heterocycles. The number of anilines is 4. The molecule has 3 fully saturated rings.